The van der Waals surface area contributed by atoms with Gasteiger partial charge in [-0.3, -0.25) is 0 Å². The first-order chi connectivity index (χ1) is 7.76. The summed E-state index contributed by atoms with van der Waals surface area (Å²) in [4.78, 5) is 0. The molecule has 1 N–H and O–H groups in total. The summed E-state index contributed by atoms with van der Waals surface area (Å²) in [7, 11) is 0. The summed E-state index contributed by atoms with van der Waals surface area (Å²) in [5.41, 5.74) is 2.43. The molecule has 2 rings (SSSR count). The van der Waals surface area contributed by atoms with E-state index in [1.54, 1.807) is 6.07 Å². The fourth-order valence-electron chi connectivity index (χ4n) is 2.25. The minimum Gasteiger partial charge on any atom is -0.508 e. The average molecular weight is 214 g/mol. The van der Waals surface area contributed by atoms with E-state index in [2.05, 4.69) is 32.0 Å². The fourth-order valence-corrected chi connectivity index (χ4v) is 2.25. The van der Waals surface area contributed by atoms with Gasteiger partial charge in [-0.1, -0.05) is 44.5 Å². The Hall–Kier alpha value is -1.50. The molecule has 0 aliphatic rings. The monoisotopic (exact) mass is 214 g/mol. The fraction of sp³-hybridized carbons (Fsp3) is 0.333. The molecule has 0 spiro atoms. The van der Waals surface area contributed by atoms with Gasteiger partial charge in [0.1, 0.15) is 5.75 Å². The molecule has 0 saturated carbocycles. The highest BCUT2D eigenvalue weighted by Gasteiger charge is 2.05. The Morgan fingerprint density at radius 1 is 1.06 bits per heavy atom. The number of benzene rings is 2. The summed E-state index contributed by atoms with van der Waals surface area (Å²) in [6.45, 7) is 4.27. The van der Waals surface area contributed by atoms with E-state index in [4.69, 9.17) is 0 Å². The van der Waals surface area contributed by atoms with E-state index in [0.717, 1.165) is 18.4 Å². The molecule has 2 aromatic carbocycles. The molecule has 1 heteroatoms. The first-order valence-electron chi connectivity index (χ1n) is 5.99. The van der Waals surface area contributed by atoms with E-state index < -0.39 is 0 Å². The van der Waals surface area contributed by atoms with Gasteiger partial charge < -0.3 is 5.11 Å². The summed E-state index contributed by atoms with van der Waals surface area (Å²) in [6, 6.07) is 10.3. The first-order valence-corrected chi connectivity index (χ1v) is 5.99. The standard InChI is InChI=1S/C15H18O/c1-3-5-11-6-8-14-12(10-11)7-9-15(16)13(14)4-2/h6-10,16H,3-5H2,1-2H3. The minimum absolute atomic E-state index is 0.415. The van der Waals surface area contributed by atoms with Gasteiger partial charge >= 0.3 is 0 Å². The predicted molar refractivity (Wildman–Crippen MR) is 69.0 cm³/mol. The highest BCUT2D eigenvalue weighted by Crippen LogP contribution is 2.28. The van der Waals surface area contributed by atoms with Crippen LogP contribution in [0, 0.1) is 0 Å². The van der Waals surface area contributed by atoms with Crippen LogP contribution in [-0.2, 0) is 12.8 Å². The second kappa shape index (κ2) is 4.56. The topological polar surface area (TPSA) is 20.2 Å². The molecule has 0 radical (unpaired) electrons. The number of aromatic hydroxyl groups is 1. The van der Waals surface area contributed by atoms with Crippen LogP contribution in [0.15, 0.2) is 30.3 Å². The maximum atomic E-state index is 9.78. The van der Waals surface area contributed by atoms with E-state index >= 15 is 0 Å². The zero-order valence-electron chi connectivity index (χ0n) is 9.96. The van der Waals surface area contributed by atoms with Crippen LogP contribution in [0.25, 0.3) is 10.8 Å². The van der Waals surface area contributed by atoms with Gasteiger partial charge in [-0.15, -0.1) is 0 Å². The van der Waals surface area contributed by atoms with Crippen LogP contribution >= 0.6 is 0 Å². The Balaban J connectivity index is 2.59. The van der Waals surface area contributed by atoms with Gasteiger partial charge in [-0.25, -0.2) is 0 Å². The highest BCUT2D eigenvalue weighted by molar-refractivity contribution is 5.88. The molecule has 0 aliphatic heterocycles. The van der Waals surface area contributed by atoms with Crippen molar-refractivity contribution in [3.05, 3.63) is 41.5 Å². The lowest BCUT2D eigenvalue weighted by atomic mass is 9.98. The van der Waals surface area contributed by atoms with Gasteiger partial charge in [0.05, 0.1) is 0 Å². The number of hydrogen-bond donors (Lipinski definition) is 1. The quantitative estimate of drug-likeness (QED) is 0.816. The summed E-state index contributed by atoms with van der Waals surface area (Å²) in [6.07, 6.45) is 3.17. The number of rotatable bonds is 3. The van der Waals surface area contributed by atoms with Crippen LogP contribution in [0.1, 0.15) is 31.4 Å². The van der Waals surface area contributed by atoms with Crippen molar-refractivity contribution in [2.24, 2.45) is 0 Å². The number of phenolic OH excluding ortho intramolecular Hbond substituents is 1. The Morgan fingerprint density at radius 3 is 2.56 bits per heavy atom. The second-order valence-electron chi connectivity index (χ2n) is 4.22. The Kier molecular flexibility index (Phi) is 3.14. The van der Waals surface area contributed by atoms with Gasteiger partial charge in [0.2, 0.25) is 0 Å². The molecule has 0 aliphatic carbocycles. The number of phenols is 1. The van der Waals surface area contributed by atoms with Crippen molar-refractivity contribution in [2.75, 3.05) is 0 Å². The lowest BCUT2D eigenvalue weighted by molar-refractivity contribution is 0.470. The van der Waals surface area contributed by atoms with Gasteiger partial charge in [-0.05, 0) is 35.2 Å². The molecule has 2 aromatic rings. The van der Waals surface area contributed by atoms with Crippen LogP contribution in [0.4, 0.5) is 0 Å². The summed E-state index contributed by atoms with van der Waals surface area (Å²) < 4.78 is 0. The van der Waals surface area contributed by atoms with Crippen LogP contribution in [-0.4, -0.2) is 5.11 Å². The molecule has 1 nitrogen and oxygen atoms in total. The van der Waals surface area contributed by atoms with Gasteiger partial charge in [-0.2, -0.15) is 0 Å². The average Bonchev–Trinajstić information content (AvgIpc) is 2.30. The van der Waals surface area contributed by atoms with E-state index in [9.17, 15) is 5.11 Å². The molecule has 0 amide bonds. The molecule has 0 fully saturated rings. The first kappa shape index (κ1) is 11.0. The Labute approximate surface area is 96.7 Å². The van der Waals surface area contributed by atoms with Gasteiger partial charge in [0.25, 0.3) is 0 Å². The van der Waals surface area contributed by atoms with Crippen LogP contribution in [0.2, 0.25) is 0 Å². The zero-order valence-corrected chi connectivity index (χ0v) is 9.96. The van der Waals surface area contributed by atoms with Crippen molar-refractivity contribution in [1.82, 2.24) is 0 Å². The normalized spacial score (nSPS) is 10.9. The summed E-state index contributed by atoms with van der Waals surface area (Å²) >= 11 is 0. The van der Waals surface area contributed by atoms with Crippen molar-refractivity contribution in [3.8, 4) is 5.75 Å². The Bertz CT molecular complexity index is 500. The molecule has 0 saturated heterocycles. The molecule has 16 heavy (non-hydrogen) atoms. The van der Waals surface area contributed by atoms with Gasteiger partial charge in [0, 0.05) is 5.56 Å². The minimum atomic E-state index is 0.415. The molecule has 0 bridgehead atoms. The summed E-state index contributed by atoms with van der Waals surface area (Å²) in [5.74, 6) is 0.415. The van der Waals surface area contributed by atoms with E-state index in [1.165, 1.54) is 22.8 Å². The number of hydrogen-bond acceptors (Lipinski definition) is 1. The molecular formula is C15H18O. The van der Waals surface area contributed by atoms with Crippen LogP contribution in [0.5, 0.6) is 5.75 Å². The molecule has 0 atom stereocenters. The van der Waals surface area contributed by atoms with E-state index in [0.29, 0.717) is 5.75 Å². The van der Waals surface area contributed by atoms with E-state index in [1.807, 2.05) is 6.07 Å². The molecule has 0 aromatic heterocycles. The van der Waals surface area contributed by atoms with Crippen molar-refractivity contribution in [3.63, 3.8) is 0 Å². The molecule has 84 valence electrons. The maximum Gasteiger partial charge on any atom is 0.119 e. The van der Waals surface area contributed by atoms with Crippen molar-refractivity contribution in [2.45, 2.75) is 33.1 Å². The van der Waals surface area contributed by atoms with Crippen molar-refractivity contribution < 1.29 is 5.11 Å². The predicted octanol–water partition coefficient (Wildman–Crippen LogP) is 4.06. The van der Waals surface area contributed by atoms with Crippen molar-refractivity contribution >= 4 is 10.8 Å². The third-order valence-electron chi connectivity index (χ3n) is 3.06. The maximum absolute atomic E-state index is 9.78. The lowest BCUT2D eigenvalue weighted by Crippen LogP contribution is -1.88. The lowest BCUT2D eigenvalue weighted by Gasteiger charge is -2.08. The zero-order chi connectivity index (χ0) is 11.5. The van der Waals surface area contributed by atoms with Gasteiger partial charge in [0.15, 0.2) is 0 Å². The highest BCUT2D eigenvalue weighted by atomic mass is 16.3. The smallest absolute Gasteiger partial charge is 0.119 e. The van der Waals surface area contributed by atoms with Crippen LogP contribution < -0.4 is 0 Å². The number of aryl methyl sites for hydroxylation is 2. The second-order valence-corrected chi connectivity index (χ2v) is 4.22. The van der Waals surface area contributed by atoms with Crippen LogP contribution in [0.3, 0.4) is 0 Å². The third kappa shape index (κ3) is 1.90. The largest absolute Gasteiger partial charge is 0.508 e. The number of fused-ring (bicyclic) bond motifs is 1. The summed E-state index contributed by atoms with van der Waals surface area (Å²) in [5, 5.41) is 12.2. The molecule has 0 unspecified atom stereocenters. The third-order valence-corrected chi connectivity index (χ3v) is 3.06. The molecule has 0 heterocycles. The molecular weight excluding hydrogens is 196 g/mol. The van der Waals surface area contributed by atoms with Crippen molar-refractivity contribution in [1.29, 1.82) is 0 Å². The Morgan fingerprint density at radius 2 is 1.88 bits per heavy atom. The SMILES string of the molecule is CCCc1ccc2c(CC)c(O)ccc2c1. The van der Waals surface area contributed by atoms with E-state index in [-0.39, 0.29) is 0 Å².